The van der Waals surface area contributed by atoms with Crippen molar-refractivity contribution in [3.63, 3.8) is 0 Å². The van der Waals surface area contributed by atoms with Crippen LogP contribution in [0.2, 0.25) is 5.02 Å². The molecule has 0 saturated carbocycles. The maximum absolute atomic E-state index is 12.6. The molecule has 2 aromatic rings. The number of rotatable bonds is 5. The molecule has 1 aliphatic heterocycles. The molecule has 24 heavy (non-hydrogen) atoms. The summed E-state index contributed by atoms with van der Waals surface area (Å²) in [7, 11) is -3.42. The number of carbonyl (C=O) groups excluding carboxylic acids is 1. The molecule has 0 atom stereocenters. The molecule has 4 nitrogen and oxygen atoms in total. The zero-order chi connectivity index (χ0) is 17.2. The lowest BCUT2D eigenvalue weighted by atomic mass is 9.93. The molecule has 0 unspecified atom stereocenters. The molecule has 0 bridgehead atoms. The van der Waals surface area contributed by atoms with Gasteiger partial charge in [-0.15, -0.1) is 11.3 Å². The maximum Gasteiger partial charge on any atom is 0.218 e. The third-order valence-corrected chi connectivity index (χ3v) is 7.36. The van der Waals surface area contributed by atoms with E-state index in [2.05, 4.69) is 0 Å². The van der Waals surface area contributed by atoms with Crippen LogP contribution in [-0.4, -0.2) is 31.6 Å². The second kappa shape index (κ2) is 7.35. The van der Waals surface area contributed by atoms with Crippen molar-refractivity contribution in [3.8, 4) is 0 Å². The lowest BCUT2D eigenvalue weighted by Gasteiger charge is -2.30. The van der Waals surface area contributed by atoms with E-state index in [0.717, 1.165) is 4.88 Å². The van der Waals surface area contributed by atoms with Gasteiger partial charge in [0.15, 0.2) is 5.78 Å². The second-order valence-electron chi connectivity index (χ2n) is 5.86. The Bertz CT molecular complexity index is 810. The van der Waals surface area contributed by atoms with Crippen LogP contribution in [0, 0.1) is 5.92 Å². The Hall–Kier alpha value is -1.21. The van der Waals surface area contributed by atoms with Gasteiger partial charge in [-0.25, -0.2) is 12.7 Å². The Morgan fingerprint density at radius 2 is 1.88 bits per heavy atom. The molecule has 0 amide bonds. The number of thiophene rings is 1. The predicted molar refractivity (Wildman–Crippen MR) is 97.0 cm³/mol. The minimum absolute atomic E-state index is 0.0876. The first-order chi connectivity index (χ1) is 11.5. The third kappa shape index (κ3) is 3.88. The van der Waals surface area contributed by atoms with Crippen LogP contribution in [0.1, 0.15) is 28.1 Å². The first-order valence-corrected chi connectivity index (χ1v) is 10.6. The van der Waals surface area contributed by atoms with E-state index in [1.165, 1.54) is 15.6 Å². The van der Waals surface area contributed by atoms with Crippen molar-refractivity contribution < 1.29 is 13.2 Å². The number of nitrogens with zero attached hydrogens (tertiary/aromatic N) is 1. The van der Waals surface area contributed by atoms with Gasteiger partial charge in [0.1, 0.15) is 0 Å². The van der Waals surface area contributed by atoms with E-state index >= 15 is 0 Å². The fraction of sp³-hybridized carbons (Fsp3) is 0.353. The number of benzene rings is 1. The van der Waals surface area contributed by atoms with Crippen LogP contribution in [0.15, 0.2) is 41.8 Å². The quantitative estimate of drug-likeness (QED) is 0.737. The Labute approximate surface area is 151 Å². The lowest BCUT2D eigenvalue weighted by molar-refractivity contribution is 0.0879. The van der Waals surface area contributed by atoms with Gasteiger partial charge in [0.05, 0.1) is 10.6 Å². The predicted octanol–water partition coefficient (Wildman–Crippen LogP) is 3.83. The minimum Gasteiger partial charge on any atom is -0.293 e. The van der Waals surface area contributed by atoms with Gasteiger partial charge in [0.25, 0.3) is 0 Å². The number of Topliss-reactive ketones (excluding diaryl/α,β-unsaturated/α-hetero) is 1. The van der Waals surface area contributed by atoms with E-state index in [0.29, 0.717) is 36.5 Å². The maximum atomic E-state index is 12.6. The highest BCUT2D eigenvalue weighted by atomic mass is 35.5. The summed E-state index contributed by atoms with van der Waals surface area (Å²) in [5.41, 5.74) is 0.607. The summed E-state index contributed by atoms with van der Waals surface area (Å²) in [5.74, 6) is -0.0560. The Kier molecular flexibility index (Phi) is 5.39. The molecule has 7 heteroatoms. The summed E-state index contributed by atoms with van der Waals surface area (Å²) in [5, 5.41) is 2.35. The van der Waals surface area contributed by atoms with Crippen molar-refractivity contribution >= 4 is 38.7 Å². The largest absolute Gasteiger partial charge is 0.293 e. The molecule has 128 valence electrons. The number of sulfonamides is 1. The molecule has 2 heterocycles. The monoisotopic (exact) mass is 383 g/mol. The molecule has 0 radical (unpaired) electrons. The number of ketones is 1. The average molecular weight is 384 g/mol. The lowest BCUT2D eigenvalue weighted by Crippen LogP contribution is -2.40. The van der Waals surface area contributed by atoms with Crippen LogP contribution < -0.4 is 0 Å². The molecule has 3 rings (SSSR count). The minimum atomic E-state index is -3.42. The van der Waals surface area contributed by atoms with Crippen molar-refractivity contribution in [3.05, 3.63) is 57.2 Å². The molecule has 0 N–H and O–H groups in total. The first-order valence-electron chi connectivity index (χ1n) is 7.76. The highest BCUT2D eigenvalue weighted by Crippen LogP contribution is 2.27. The highest BCUT2D eigenvalue weighted by molar-refractivity contribution is 7.88. The van der Waals surface area contributed by atoms with Crippen molar-refractivity contribution in [1.82, 2.24) is 4.31 Å². The smallest absolute Gasteiger partial charge is 0.218 e. The summed E-state index contributed by atoms with van der Waals surface area (Å²) >= 11 is 7.50. The number of piperidine rings is 1. The summed E-state index contributed by atoms with van der Waals surface area (Å²) in [6.07, 6.45) is 1.14. The van der Waals surface area contributed by atoms with Crippen LogP contribution >= 0.6 is 22.9 Å². The van der Waals surface area contributed by atoms with E-state index < -0.39 is 10.0 Å². The summed E-state index contributed by atoms with van der Waals surface area (Å²) in [6.45, 7) is 0.767. The van der Waals surface area contributed by atoms with Gasteiger partial charge in [0, 0.05) is 24.0 Å². The van der Waals surface area contributed by atoms with Crippen LogP contribution in [0.25, 0.3) is 0 Å². The zero-order valence-electron chi connectivity index (χ0n) is 13.0. The summed E-state index contributed by atoms with van der Waals surface area (Å²) in [6, 6.07) is 10.7. The molecule has 1 fully saturated rings. The van der Waals surface area contributed by atoms with Crippen molar-refractivity contribution in [1.29, 1.82) is 0 Å². The van der Waals surface area contributed by atoms with Crippen LogP contribution in [-0.2, 0) is 15.8 Å². The molecular weight excluding hydrogens is 366 g/mol. The Morgan fingerprint density at radius 3 is 2.50 bits per heavy atom. The molecule has 1 saturated heterocycles. The van der Waals surface area contributed by atoms with Gasteiger partial charge in [-0.2, -0.15) is 0 Å². The number of halogens is 1. The standard InChI is InChI=1S/C17H18ClNO3S2/c18-15-5-2-1-4-14(15)12-24(21,22)19-9-7-13(8-10-19)17(20)16-6-3-11-23-16/h1-6,11,13H,7-10,12H2. The van der Waals surface area contributed by atoms with Gasteiger partial charge in [0.2, 0.25) is 10.0 Å². The van der Waals surface area contributed by atoms with Crippen LogP contribution in [0.5, 0.6) is 0 Å². The van der Waals surface area contributed by atoms with E-state index in [4.69, 9.17) is 11.6 Å². The van der Waals surface area contributed by atoms with Gasteiger partial charge < -0.3 is 0 Å². The molecule has 0 spiro atoms. The normalized spacial score (nSPS) is 17.0. The van der Waals surface area contributed by atoms with Crippen LogP contribution in [0.3, 0.4) is 0 Å². The SMILES string of the molecule is O=C(c1cccs1)C1CCN(S(=O)(=O)Cc2ccccc2Cl)CC1. The molecule has 1 aromatic heterocycles. The second-order valence-corrected chi connectivity index (χ2v) is 9.19. The highest BCUT2D eigenvalue weighted by Gasteiger charge is 2.32. The van der Waals surface area contributed by atoms with Gasteiger partial charge >= 0.3 is 0 Å². The van der Waals surface area contributed by atoms with E-state index in [1.54, 1.807) is 24.3 Å². The van der Waals surface area contributed by atoms with E-state index in [1.807, 2.05) is 17.5 Å². The van der Waals surface area contributed by atoms with Crippen LogP contribution in [0.4, 0.5) is 0 Å². The summed E-state index contributed by atoms with van der Waals surface area (Å²) in [4.78, 5) is 13.1. The zero-order valence-corrected chi connectivity index (χ0v) is 15.4. The third-order valence-electron chi connectivity index (χ3n) is 4.28. The van der Waals surface area contributed by atoms with Gasteiger partial charge in [-0.3, -0.25) is 4.79 Å². The average Bonchev–Trinajstić information content (AvgIpc) is 3.11. The Balaban J connectivity index is 1.63. The molecular formula is C17H18ClNO3S2. The number of hydrogen-bond donors (Lipinski definition) is 0. The van der Waals surface area contributed by atoms with E-state index in [9.17, 15) is 13.2 Å². The molecule has 0 aliphatic carbocycles. The molecule has 1 aliphatic rings. The Morgan fingerprint density at radius 1 is 1.17 bits per heavy atom. The van der Waals surface area contributed by atoms with Crippen molar-refractivity contribution in [2.75, 3.05) is 13.1 Å². The number of carbonyl (C=O) groups is 1. The van der Waals surface area contributed by atoms with Gasteiger partial charge in [-0.1, -0.05) is 35.9 Å². The van der Waals surface area contributed by atoms with E-state index in [-0.39, 0.29) is 17.5 Å². The first kappa shape index (κ1) is 17.6. The fourth-order valence-corrected chi connectivity index (χ4v) is 5.54. The van der Waals surface area contributed by atoms with Crippen molar-refractivity contribution in [2.45, 2.75) is 18.6 Å². The topological polar surface area (TPSA) is 54.5 Å². The summed E-state index contributed by atoms with van der Waals surface area (Å²) < 4.78 is 26.7. The van der Waals surface area contributed by atoms with Gasteiger partial charge in [-0.05, 0) is 35.9 Å². The van der Waals surface area contributed by atoms with Crippen molar-refractivity contribution in [2.24, 2.45) is 5.92 Å². The fourth-order valence-electron chi connectivity index (χ4n) is 2.92. The number of hydrogen-bond acceptors (Lipinski definition) is 4. The molecule has 1 aromatic carbocycles.